The van der Waals surface area contributed by atoms with Crippen molar-refractivity contribution in [1.82, 2.24) is 14.7 Å². The van der Waals surface area contributed by atoms with E-state index in [0.29, 0.717) is 41.5 Å². The van der Waals surface area contributed by atoms with Gasteiger partial charge in [-0.05, 0) is 24.3 Å². The van der Waals surface area contributed by atoms with Crippen molar-refractivity contribution in [2.75, 3.05) is 18.5 Å². The van der Waals surface area contributed by atoms with Crippen molar-refractivity contribution in [3.05, 3.63) is 72.1 Å². The maximum absolute atomic E-state index is 12.4. The van der Waals surface area contributed by atoms with Crippen LogP contribution < -0.4 is 14.8 Å². The molecule has 1 N–H and O–H groups in total. The number of rotatable bonds is 5. The Kier molecular flexibility index (Phi) is 4.62. The first kappa shape index (κ1) is 18.9. The molecule has 5 rings (SSSR count). The Morgan fingerprint density at radius 1 is 1.03 bits per heavy atom. The van der Waals surface area contributed by atoms with Crippen LogP contribution in [-0.2, 0) is 11.3 Å². The molecule has 31 heavy (non-hydrogen) atoms. The van der Waals surface area contributed by atoms with Crippen LogP contribution in [0.5, 0.6) is 11.5 Å². The molecule has 1 aromatic heterocycles. The highest BCUT2D eigenvalue weighted by Crippen LogP contribution is 2.31. The Labute approximate surface area is 177 Å². The lowest BCUT2D eigenvalue weighted by atomic mass is 10.1. The third-order valence-corrected chi connectivity index (χ3v) is 5.06. The van der Waals surface area contributed by atoms with Crippen molar-refractivity contribution in [2.24, 2.45) is 0 Å². The number of fused-ring (bicyclic) bond motifs is 2. The minimum atomic E-state index is -0.486. The van der Waals surface area contributed by atoms with Crippen molar-refractivity contribution < 1.29 is 23.9 Å². The second-order valence-corrected chi connectivity index (χ2v) is 7.24. The molecule has 0 saturated heterocycles. The van der Waals surface area contributed by atoms with Crippen LogP contribution in [0.1, 0.15) is 20.7 Å². The molecule has 1 atom stereocenters. The SMILES string of the molecule is O=C(CN1C(=O)c2ccccc2C1=O)Nc1cnn(CC2COc3ccccc3O2)c1. The van der Waals surface area contributed by atoms with E-state index in [-0.39, 0.29) is 12.6 Å². The number of benzene rings is 2. The van der Waals surface area contributed by atoms with Gasteiger partial charge >= 0.3 is 0 Å². The van der Waals surface area contributed by atoms with Crippen molar-refractivity contribution in [3.63, 3.8) is 0 Å². The number of para-hydroxylation sites is 2. The molecule has 0 spiro atoms. The molecule has 3 aromatic rings. The van der Waals surface area contributed by atoms with E-state index in [2.05, 4.69) is 10.4 Å². The molecule has 9 heteroatoms. The summed E-state index contributed by atoms with van der Waals surface area (Å²) in [6.45, 7) is 0.453. The van der Waals surface area contributed by atoms with E-state index in [4.69, 9.17) is 9.47 Å². The molecular weight excluding hydrogens is 400 g/mol. The number of hydrogen-bond acceptors (Lipinski definition) is 6. The maximum atomic E-state index is 12.4. The first-order valence-electron chi connectivity index (χ1n) is 9.74. The average Bonchev–Trinajstić information content (AvgIpc) is 3.31. The normalized spacial score (nSPS) is 16.9. The zero-order chi connectivity index (χ0) is 21.4. The minimum Gasteiger partial charge on any atom is -0.486 e. The molecule has 2 aromatic carbocycles. The molecule has 0 saturated carbocycles. The Hall–Kier alpha value is -4.14. The minimum absolute atomic E-state index is 0.225. The van der Waals surface area contributed by atoms with Gasteiger partial charge in [-0.1, -0.05) is 24.3 Å². The summed E-state index contributed by atoms with van der Waals surface area (Å²) in [5.41, 5.74) is 1.08. The van der Waals surface area contributed by atoms with Crippen LogP contribution in [0, 0.1) is 0 Å². The second kappa shape index (κ2) is 7.60. The van der Waals surface area contributed by atoms with Gasteiger partial charge in [-0.25, -0.2) is 0 Å². The van der Waals surface area contributed by atoms with E-state index in [0.717, 1.165) is 4.90 Å². The van der Waals surface area contributed by atoms with Gasteiger partial charge in [0.05, 0.1) is 29.6 Å². The zero-order valence-electron chi connectivity index (χ0n) is 16.4. The van der Waals surface area contributed by atoms with Gasteiger partial charge < -0.3 is 14.8 Å². The topological polar surface area (TPSA) is 103 Å². The second-order valence-electron chi connectivity index (χ2n) is 7.24. The highest BCUT2D eigenvalue weighted by atomic mass is 16.6. The van der Waals surface area contributed by atoms with Crippen molar-refractivity contribution in [3.8, 4) is 11.5 Å². The van der Waals surface area contributed by atoms with E-state index in [1.807, 2.05) is 24.3 Å². The molecule has 156 valence electrons. The quantitative estimate of drug-likeness (QED) is 0.636. The van der Waals surface area contributed by atoms with E-state index < -0.39 is 17.7 Å². The smallest absolute Gasteiger partial charge is 0.262 e. The van der Waals surface area contributed by atoms with Crippen LogP contribution in [-0.4, -0.2) is 51.7 Å². The number of hydrogen-bond donors (Lipinski definition) is 1. The number of aromatic nitrogens is 2. The number of nitrogens with zero attached hydrogens (tertiary/aromatic N) is 3. The van der Waals surface area contributed by atoms with Crippen LogP contribution in [0.2, 0.25) is 0 Å². The molecule has 0 bridgehead atoms. The Morgan fingerprint density at radius 3 is 2.45 bits per heavy atom. The van der Waals surface area contributed by atoms with Crippen LogP contribution in [0.15, 0.2) is 60.9 Å². The molecule has 3 heterocycles. The van der Waals surface area contributed by atoms with Gasteiger partial charge in [-0.15, -0.1) is 0 Å². The average molecular weight is 418 g/mol. The van der Waals surface area contributed by atoms with Gasteiger partial charge in [0.15, 0.2) is 17.6 Å². The first-order valence-corrected chi connectivity index (χ1v) is 9.74. The summed E-state index contributed by atoms with van der Waals surface area (Å²) < 4.78 is 13.2. The summed E-state index contributed by atoms with van der Waals surface area (Å²) in [6, 6.07) is 14.0. The summed E-state index contributed by atoms with van der Waals surface area (Å²) in [5.74, 6) is -0.0386. The van der Waals surface area contributed by atoms with Crippen LogP contribution in [0.3, 0.4) is 0 Å². The van der Waals surface area contributed by atoms with Crippen LogP contribution in [0.4, 0.5) is 5.69 Å². The summed E-state index contributed by atoms with van der Waals surface area (Å²) in [5, 5.41) is 6.90. The van der Waals surface area contributed by atoms with Crippen LogP contribution >= 0.6 is 0 Å². The number of carbonyl (C=O) groups is 3. The molecule has 1 unspecified atom stereocenters. The van der Waals surface area contributed by atoms with Gasteiger partial charge in [-0.3, -0.25) is 24.0 Å². The molecule has 9 nitrogen and oxygen atoms in total. The zero-order valence-corrected chi connectivity index (χ0v) is 16.4. The summed E-state index contributed by atoms with van der Waals surface area (Å²) >= 11 is 0. The number of imide groups is 1. The number of carbonyl (C=O) groups excluding carboxylic acids is 3. The lowest BCUT2D eigenvalue weighted by Gasteiger charge is -2.26. The Morgan fingerprint density at radius 2 is 1.71 bits per heavy atom. The molecule has 2 aliphatic rings. The fraction of sp³-hybridized carbons (Fsp3) is 0.182. The lowest BCUT2D eigenvalue weighted by Crippen LogP contribution is -2.37. The predicted molar refractivity (Wildman–Crippen MR) is 109 cm³/mol. The van der Waals surface area contributed by atoms with Gasteiger partial charge in [0.1, 0.15) is 13.2 Å². The van der Waals surface area contributed by atoms with E-state index in [1.54, 1.807) is 35.1 Å². The van der Waals surface area contributed by atoms with Crippen molar-refractivity contribution >= 4 is 23.4 Å². The lowest BCUT2D eigenvalue weighted by molar-refractivity contribution is -0.116. The van der Waals surface area contributed by atoms with Gasteiger partial charge in [0, 0.05) is 6.20 Å². The van der Waals surface area contributed by atoms with Crippen molar-refractivity contribution in [2.45, 2.75) is 12.6 Å². The molecule has 0 radical (unpaired) electrons. The summed E-state index contributed by atoms with van der Waals surface area (Å²) in [7, 11) is 0. The number of ether oxygens (including phenoxy) is 2. The van der Waals surface area contributed by atoms with E-state index >= 15 is 0 Å². The highest BCUT2D eigenvalue weighted by Gasteiger charge is 2.36. The third kappa shape index (κ3) is 3.61. The van der Waals surface area contributed by atoms with Crippen LogP contribution in [0.25, 0.3) is 0 Å². The first-order chi connectivity index (χ1) is 15.1. The molecule has 2 aliphatic heterocycles. The van der Waals surface area contributed by atoms with Gasteiger partial charge in [0.2, 0.25) is 5.91 Å². The third-order valence-electron chi connectivity index (χ3n) is 5.06. The molecule has 0 aliphatic carbocycles. The maximum Gasteiger partial charge on any atom is 0.262 e. The van der Waals surface area contributed by atoms with Crippen molar-refractivity contribution in [1.29, 1.82) is 0 Å². The van der Waals surface area contributed by atoms with Gasteiger partial charge in [0.25, 0.3) is 11.8 Å². The summed E-state index contributed by atoms with van der Waals surface area (Å²) in [4.78, 5) is 38.1. The number of amides is 3. The van der Waals surface area contributed by atoms with Gasteiger partial charge in [-0.2, -0.15) is 5.10 Å². The molecular formula is C22H18N4O5. The predicted octanol–water partition coefficient (Wildman–Crippen LogP) is 1.96. The monoisotopic (exact) mass is 418 g/mol. The Bertz CT molecular complexity index is 1150. The fourth-order valence-corrected chi connectivity index (χ4v) is 3.62. The Balaban J connectivity index is 1.18. The fourth-order valence-electron chi connectivity index (χ4n) is 3.62. The largest absolute Gasteiger partial charge is 0.486 e. The number of anilines is 1. The number of nitrogens with one attached hydrogen (secondary N) is 1. The molecule has 0 fully saturated rings. The molecule has 3 amide bonds. The summed E-state index contributed by atoms with van der Waals surface area (Å²) in [6.07, 6.45) is 2.93. The highest BCUT2D eigenvalue weighted by molar-refractivity contribution is 6.22. The standard InChI is InChI=1S/C22H18N4O5/c27-20(12-26-21(28)16-5-1-2-6-17(16)22(26)29)24-14-9-23-25(10-14)11-15-13-30-18-7-3-4-8-19(18)31-15/h1-10,15H,11-13H2,(H,24,27). The van der Waals surface area contributed by atoms with E-state index in [1.165, 1.54) is 6.20 Å². The van der Waals surface area contributed by atoms with E-state index in [9.17, 15) is 14.4 Å².